The Balaban J connectivity index is 2.27. The minimum atomic E-state index is 0.0540. The number of hydrogen-bond donors (Lipinski definition) is 2. The van der Waals surface area contributed by atoms with Crippen LogP contribution in [-0.2, 0) is 9.53 Å². The molecule has 158 valence electrons. The molecule has 0 saturated carbocycles. The van der Waals surface area contributed by atoms with Gasteiger partial charge in [0.15, 0.2) is 5.96 Å². The van der Waals surface area contributed by atoms with Crippen molar-refractivity contribution in [2.75, 3.05) is 60.0 Å². The molecule has 27 heavy (non-hydrogen) atoms. The van der Waals surface area contributed by atoms with Crippen LogP contribution < -0.4 is 10.6 Å². The number of likely N-dealkylation sites (N-methyl/N-ethyl adjacent to an activating group) is 1. The first-order valence-corrected chi connectivity index (χ1v) is 10.5. The Labute approximate surface area is 165 Å². The molecule has 0 aromatic heterocycles. The number of aliphatic imine (C=N–C) groups is 1. The molecule has 0 spiro atoms. The molecule has 1 rings (SSSR count). The van der Waals surface area contributed by atoms with E-state index in [4.69, 9.17) is 4.74 Å². The van der Waals surface area contributed by atoms with Crippen LogP contribution in [0.25, 0.3) is 0 Å². The number of ether oxygens (including phenoxy) is 1. The Hall–Kier alpha value is -1.34. The third-order valence-electron chi connectivity index (χ3n) is 4.69. The molecular weight excluding hydrogens is 342 g/mol. The first-order valence-electron chi connectivity index (χ1n) is 10.5. The van der Waals surface area contributed by atoms with Gasteiger partial charge in [0.05, 0.1) is 12.6 Å². The van der Waals surface area contributed by atoms with Crippen molar-refractivity contribution in [3.05, 3.63) is 0 Å². The van der Waals surface area contributed by atoms with Crippen molar-refractivity contribution in [3.63, 3.8) is 0 Å². The summed E-state index contributed by atoms with van der Waals surface area (Å²) in [7, 11) is 3.67. The molecule has 1 atom stereocenters. The minimum Gasteiger partial charge on any atom is -0.380 e. The molecule has 7 heteroatoms. The average Bonchev–Trinajstić information content (AvgIpc) is 3.08. The zero-order chi connectivity index (χ0) is 20.1. The van der Waals surface area contributed by atoms with Gasteiger partial charge in [0, 0.05) is 46.9 Å². The maximum absolute atomic E-state index is 12.2. The molecule has 0 aromatic carbocycles. The summed E-state index contributed by atoms with van der Waals surface area (Å²) in [6, 6.07) is 0.0540. The molecule has 0 aromatic rings. The first kappa shape index (κ1) is 23.7. The lowest BCUT2D eigenvalue weighted by Crippen LogP contribution is -2.43. The van der Waals surface area contributed by atoms with Crippen LogP contribution >= 0.6 is 0 Å². The van der Waals surface area contributed by atoms with Gasteiger partial charge in [0.25, 0.3) is 0 Å². The van der Waals surface area contributed by atoms with E-state index in [-0.39, 0.29) is 11.9 Å². The normalized spacial score (nSPS) is 18.1. The lowest BCUT2D eigenvalue weighted by molar-refractivity contribution is -0.133. The Morgan fingerprint density at radius 2 is 2.07 bits per heavy atom. The Kier molecular flexibility index (Phi) is 12.1. The molecule has 1 unspecified atom stereocenters. The third kappa shape index (κ3) is 9.96. The predicted octanol–water partition coefficient (Wildman–Crippen LogP) is 1.55. The van der Waals surface area contributed by atoms with E-state index in [0.717, 1.165) is 71.0 Å². The number of hydrogen-bond acceptors (Lipinski definition) is 4. The zero-order valence-electron chi connectivity index (χ0n) is 18.1. The maximum atomic E-state index is 12.2. The van der Waals surface area contributed by atoms with E-state index in [9.17, 15) is 4.79 Å². The van der Waals surface area contributed by atoms with E-state index < -0.39 is 0 Å². The van der Waals surface area contributed by atoms with E-state index in [1.165, 1.54) is 0 Å². The molecule has 0 aliphatic carbocycles. The number of nitrogens with one attached hydrogen (secondary N) is 2. The second-order valence-corrected chi connectivity index (χ2v) is 7.76. The Morgan fingerprint density at radius 1 is 1.30 bits per heavy atom. The number of likely N-dealkylation sites (tertiary alicyclic amines) is 1. The molecule has 1 aliphatic heterocycles. The van der Waals surface area contributed by atoms with Gasteiger partial charge in [-0.25, -0.2) is 0 Å². The van der Waals surface area contributed by atoms with Gasteiger partial charge >= 0.3 is 0 Å². The summed E-state index contributed by atoms with van der Waals surface area (Å²) in [6.45, 7) is 12.3. The van der Waals surface area contributed by atoms with Crippen LogP contribution in [0.3, 0.4) is 0 Å². The second-order valence-electron chi connectivity index (χ2n) is 7.76. The quantitative estimate of drug-likeness (QED) is 0.304. The summed E-state index contributed by atoms with van der Waals surface area (Å²) in [5, 5.41) is 6.59. The lowest BCUT2D eigenvalue weighted by atomic mass is 10.1. The number of carbonyl (C=O) groups is 1. The molecule has 1 aliphatic rings. The molecule has 0 radical (unpaired) electrons. The summed E-state index contributed by atoms with van der Waals surface area (Å²) in [5.74, 6) is 1.75. The number of rotatable bonds is 12. The molecule has 1 fully saturated rings. The molecule has 1 saturated heterocycles. The highest BCUT2D eigenvalue weighted by molar-refractivity contribution is 5.81. The highest BCUT2D eigenvalue weighted by Crippen LogP contribution is 2.18. The number of carbonyl (C=O) groups excluding carboxylic acids is 1. The smallest absolute Gasteiger partial charge is 0.239 e. The van der Waals surface area contributed by atoms with E-state index in [1.807, 2.05) is 14.1 Å². The fourth-order valence-electron chi connectivity index (χ4n) is 3.14. The molecular formula is C20H41N5O2. The van der Waals surface area contributed by atoms with Crippen molar-refractivity contribution < 1.29 is 9.53 Å². The summed E-state index contributed by atoms with van der Waals surface area (Å²) >= 11 is 0. The molecule has 1 amide bonds. The van der Waals surface area contributed by atoms with Crippen molar-refractivity contribution >= 4 is 11.9 Å². The first-order chi connectivity index (χ1) is 13.0. The van der Waals surface area contributed by atoms with Crippen molar-refractivity contribution in [3.8, 4) is 0 Å². The van der Waals surface area contributed by atoms with Gasteiger partial charge in [-0.2, -0.15) is 0 Å². The minimum absolute atomic E-state index is 0.0540. The molecule has 7 nitrogen and oxygen atoms in total. The van der Waals surface area contributed by atoms with Crippen LogP contribution in [0.4, 0.5) is 0 Å². The number of amides is 1. The van der Waals surface area contributed by atoms with Gasteiger partial charge < -0.3 is 20.3 Å². The largest absolute Gasteiger partial charge is 0.380 e. The fraction of sp³-hybridized carbons (Fsp3) is 0.900. The highest BCUT2D eigenvalue weighted by atomic mass is 16.5. The van der Waals surface area contributed by atoms with Crippen LogP contribution in [0.5, 0.6) is 0 Å². The van der Waals surface area contributed by atoms with Gasteiger partial charge in [-0.3, -0.25) is 14.7 Å². The van der Waals surface area contributed by atoms with E-state index in [0.29, 0.717) is 12.5 Å². The maximum Gasteiger partial charge on any atom is 0.239 e. The van der Waals surface area contributed by atoms with Gasteiger partial charge in [-0.15, -0.1) is 0 Å². The van der Waals surface area contributed by atoms with E-state index in [2.05, 4.69) is 41.3 Å². The summed E-state index contributed by atoms with van der Waals surface area (Å²) in [6.07, 6.45) is 4.14. The van der Waals surface area contributed by atoms with E-state index >= 15 is 0 Å². The standard InChI is InChI=1S/C20H41N5O2/c1-6-21-20(23-12-16-27-15-10-17(2)3)22-11-8-14-25-13-7-9-18(25)19(26)24(4)5/h17-18H,6-16H2,1-5H3,(H2,21,22,23). The summed E-state index contributed by atoms with van der Waals surface area (Å²) in [5.41, 5.74) is 0. The third-order valence-corrected chi connectivity index (χ3v) is 4.69. The zero-order valence-corrected chi connectivity index (χ0v) is 18.1. The number of guanidine groups is 1. The van der Waals surface area contributed by atoms with Crippen LogP contribution in [-0.4, -0.2) is 87.7 Å². The average molecular weight is 384 g/mol. The summed E-state index contributed by atoms with van der Waals surface area (Å²) < 4.78 is 5.63. The van der Waals surface area contributed by atoms with Crippen LogP contribution in [0.15, 0.2) is 4.99 Å². The van der Waals surface area contributed by atoms with Crippen molar-refractivity contribution in [1.29, 1.82) is 0 Å². The Morgan fingerprint density at radius 3 is 2.74 bits per heavy atom. The van der Waals surface area contributed by atoms with Crippen LogP contribution in [0.2, 0.25) is 0 Å². The van der Waals surface area contributed by atoms with Gasteiger partial charge in [0.2, 0.25) is 5.91 Å². The van der Waals surface area contributed by atoms with Gasteiger partial charge in [-0.1, -0.05) is 13.8 Å². The second kappa shape index (κ2) is 13.8. The fourth-order valence-corrected chi connectivity index (χ4v) is 3.14. The topological polar surface area (TPSA) is 69.2 Å². The highest BCUT2D eigenvalue weighted by Gasteiger charge is 2.30. The monoisotopic (exact) mass is 383 g/mol. The molecule has 0 bridgehead atoms. The lowest BCUT2D eigenvalue weighted by Gasteiger charge is -2.25. The van der Waals surface area contributed by atoms with Gasteiger partial charge in [-0.05, 0) is 45.1 Å². The number of nitrogens with zero attached hydrogens (tertiary/aromatic N) is 3. The Bertz CT molecular complexity index is 440. The van der Waals surface area contributed by atoms with Crippen LogP contribution in [0.1, 0.15) is 46.5 Å². The van der Waals surface area contributed by atoms with Crippen molar-refractivity contribution in [1.82, 2.24) is 20.4 Å². The van der Waals surface area contributed by atoms with Gasteiger partial charge in [0.1, 0.15) is 0 Å². The van der Waals surface area contributed by atoms with Crippen molar-refractivity contribution in [2.24, 2.45) is 10.9 Å². The molecule has 1 heterocycles. The summed E-state index contributed by atoms with van der Waals surface area (Å²) in [4.78, 5) is 20.9. The van der Waals surface area contributed by atoms with Crippen molar-refractivity contribution in [2.45, 2.75) is 52.5 Å². The predicted molar refractivity (Wildman–Crippen MR) is 112 cm³/mol. The van der Waals surface area contributed by atoms with E-state index in [1.54, 1.807) is 4.90 Å². The SMILES string of the molecule is CCNC(=NCCCN1CCCC1C(=O)N(C)C)NCCOCCC(C)C. The van der Waals surface area contributed by atoms with Crippen LogP contribution in [0, 0.1) is 5.92 Å². The molecule has 2 N–H and O–H groups in total.